The second-order valence-electron chi connectivity index (χ2n) is 5.89. The van der Waals surface area contributed by atoms with Gasteiger partial charge in [-0.15, -0.1) is 24.0 Å². The molecule has 0 unspecified atom stereocenters. The van der Waals surface area contributed by atoms with Crippen LogP contribution >= 0.6 is 35.6 Å². The van der Waals surface area contributed by atoms with Crippen molar-refractivity contribution in [3.05, 3.63) is 46.7 Å². The van der Waals surface area contributed by atoms with Crippen molar-refractivity contribution in [3.63, 3.8) is 0 Å². The summed E-state index contributed by atoms with van der Waals surface area (Å²) < 4.78 is 2.07. The minimum Gasteiger partial charge on any atom is -0.351 e. The lowest BCUT2D eigenvalue weighted by Crippen LogP contribution is -2.38. The van der Waals surface area contributed by atoms with E-state index >= 15 is 0 Å². The number of halogens is 2. The van der Waals surface area contributed by atoms with Crippen molar-refractivity contribution in [1.29, 1.82) is 0 Å². The highest BCUT2D eigenvalue weighted by atomic mass is 127. The normalized spacial score (nSPS) is 11.0. The molecule has 0 spiro atoms. The van der Waals surface area contributed by atoms with Gasteiger partial charge in [-0.3, -0.25) is 4.99 Å². The first-order chi connectivity index (χ1) is 11.4. The molecule has 0 aliphatic heterocycles. The summed E-state index contributed by atoms with van der Waals surface area (Å²) in [4.78, 5) is 12.8. The van der Waals surface area contributed by atoms with Crippen molar-refractivity contribution >= 4 is 47.5 Å². The summed E-state index contributed by atoms with van der Waals surface area (Å²) in [5.74, 6) is 1.75. The van der Waals surface area contributed by atoms with Crippen molar-refractivity contribution in [2.45, 2.75) is 13.1 Å². The molecule has 8 heteroatoms. The highest BCUT2D eigenvalue weighted by molar-refractivity contribution is 14.0. The van der Waals surface area contributed by atoms with Gasteiger partial charge in [0.1, 0.15) is 0 Å². The lowest BCUT2D eigenvalue weighted by atomic mass is 10.2. The van der Waals surface area contributed by atoms with Crippen LogP contribution in [0.15, 0.2) is 35.5 Å². The van der Waals surface area contributed by atoms with Crippen molar-refractivity contribution in [2.75, 3.05) is 33.1 Å². The van der Waals surface area contributed by atoms with Crippen molar-refractivity contribution < 1.29 is 0 Å². The molecule has 2 aromatic rings. The number of nitrogens with zero attached hydrogens (tertiary/aromatic N) is 5. The maximum atomic E-state index is 6.05. The smallest absolute Gasteiger partial charge is 0.204 e. The minimum atomic E-state index is 0. The Morgan fingerprint density at radius 3 is 2.60 bits per heavy atom. The van der Waals surface area contributed by atoms with Crippen LogP contribution in [0.3, 0.4) is 0 Å². The first-order valence-corrected chi connectivity index (χ1v) is 8.14. The van der Waals surface area contributed by atoms with Gasteiger partial charge in [-0.05, 0) is 17.7 Å². The van der Waals surface area contributed by atoms with Crippen LogP contribution in [0, 0.1) is 0 Å². The maximum absolute atomic E-state index is 6.05. The molecule has 138 valence electrons. The summed E-state index contributed by atoms with van der Waals surface area (Å²) in [5.41, 5.74) is 2.24. The summed E-state index contributed by atoms with van der Waals surface area (Å²) in [6.07, 6.45) is 1.88. The van der Waals surface area contributed by atoms with E-state index in [-0.39, 0.29) is 24.0 Å². The fourth-order valence-corrected chi connectivity index (χ4v) is 2.76. The molecule has 0 saturated carbocycles. The van der Waals surface area contributed by atoms with Crippen LogP contribution in [-0.2, 0) is 20.1 Å². The van der Waals surface area contributed by atoms with E-state index in [1.54, 1.807) is 7.05 Å². The molecule has 1 heterocycles. The number of anilines is 1. The highest BCUT2D eigenvalue weighted by Crippen LogP contribution is 2.13. The molecule has 6 nitrogen and oxygen atoms in total. The first-order valence-electron chi connectivity index (χ1n) is 7.76. The Hall–Kier alpha value is -1.48. The third-order valence-electron chi connectivity index (χ3n) is 3.77. The molecular formula is C17H26ClIN6. The molecular weight excluding hydrogens is 451 g/mol. The van der Waals surface area contributed by atoms with Crippen molar-refractivity contribution in [3.8, 4) is 0 Å². The number of benzene rings is 1. The zero-order chi connectivity index (χ0) is 17.7. The average molecular weight is 477 g/mol. The summed E-state index contributed by atoms with van der Waals surface area (Å²) >= 11 is 6.05. The lowest BCUT2D eigenvalue weighted by Gasteiger charge is -2.22. The van der Waals surface area contributed by atoms with Gasteiger partial charge in [-0.2, -0.15) is 0 Å². The van der Waals surface area contributed by atoms with E-state index in [9.17, 15) is 0 Å². The van der Waals surface area contributed by atoms with Gasteiger partial charge in [0.15, 0.2) is 5.96 Å². The fraction of sp³-hybridized carbons (Fsp3) is 0.412. The Labute approximate surface area is 171 Å². The largest absolute Gasteiger partial charge is 0.351 e. The van der Waals surface area contributed by atoms with Crippen LogP contribution in [0.1, 0.15) is 11.3 Å². The van der Waals surface area contributed by atoms with E-state index in [1.807, 2.05) is 57.5 Å². The maximum Gasteiger partial charge on any atom is 0.204 e. The number of rotatable bonds is 5. The molecule has 0 saturated heterocycles. The molecule has 0 aliphatic carbocycles. The van der Waals surface area contributed by atoms with Crippen LogP contribution in [-0.4, -0.2) is 48.6 Å². The number of guanidine groups is 1. The number of nitrogens with one attached hydrogen (secondary N) is 1. The standard InChI is InChI=1S/C17H25ClN6.HI/c1-19-16(23(4)12-13-7-6-8-14(18)9-13)20-10-15-11-21-17(22(2)3)24(15)5;/h6-9,11H,10,12H2,1-5H3,(H,19,20);1H. The third-order valence-corrected chi connectivity index (χ3v) is 4.00. The molecule has 0 atom stereocenters. The van der Waals surface area contributed by atoms with Crippen LogP contribution in [0.5, 0.6) is 0 Å². The van der Waals surface area contributed by atoms with Gasteiger partial charge in [0.25, 0.3) is 0 Å². The quantitative estimate of drug-likeness (QED) is 0.409. The van der Waals surface area contributed by atoms with Gasteiger partial charge in [0.2, 0.25) is 5.95 Å². The topological polar surface area (TPSA) is 48.7 Å². The van der Waals surface area contributed by atoms with E-state index in [0.29, 0.717) is 6.54 Å². The van der Waals surface area contributed by atoms with E-state index in [1.165, 1.54) is 0 Å². The number of hydrogen-bond acceptors (Lipinski definition) is 3. The van der Waals surface area contributed by atoms with Gasteiger partial charge in [-0.25, -0.2) is 4.98 Å². The van der Waals surface area contributed by atoms with Crippen LogP contribution in [0.2, 0.25) is 5.02 Å². The number of aromatic nitrogens is 2. The number of hydrogen-bond donors (Lipinski definition) is 1. The Morgan fingerprint density at radius 1 is 1.32 bits per heavy atom. The monoisotopic (exact) mass is 476 g/mol. The molecule has 1 aromatic heterocycles. The number of aliphatic imine (C=N–C) groups is 1. The molecule has 0 amide bonds. The fourth-order valence-electron chi connectivity index (χ4n) is 2.55. The molecule has 0 fully saturated rings. The minimum absolute atomic E-state index is 0. The Bertz CT molecular complexity index is 713. The van der Waals surface area contributed by atoms with E-state index in [0.717, 1.165) is 34.7 Å². The van der Waals surface area contributed by atoms with Gasteiger partial charge in [0, 0.05) is 46.8 Å². The summed E-state index contributed by atoms with van der Waals surface area (Å²) in [5, 5.41) is 4.12. The highest BCUT2D eigenvalue weighted by Gasteiger charge is 2.11. The molecule has 2 rings (SSSR count). The van der Waals surface area contributed by atoms with Crippen LogP contribution in [0.4, 0.5) is 5.95 Å². The first kappa shape index (κ1) is 21.6. The Morgan fingerprint density at radius 2 is 2.04 bits per heavy atom. The summed E-state index contributed by atoms with van der Waals surface area (Å²) in [6, 6.07) is 7.86. The van der Waals surface area contributed by atoms with Crippen molar-refractivity contribution in [2.24, 2.45) is 12.0 Å². The third kappa shape index (κ3) is 5.78. The van der Waals surface area contributed by atoms with Crippen LogP contribution in [0.25, 0.3) is 0 Å². The predicted octanol–water partition coefficient (Wildman–Crippen LogP) is 2.96. The Kier molecular flexibility index (Phi) is 8.51. The zero-order valence-electron chi connectivity index (χ0n) is 15.3. The zero-order valence-corrected chi connectivity index (χ0v) is 18.4. The van der Waals surface area contributed by atoms with E-state index in [4.69, 9.17) is 11.6 Å². The van der Waals surface area contributed by atoms with Gasteiger partial charge >= 0.3 is 0 Å². The van der Waals surface area contributed by atoms with Gasteiger partial charge < -0.3 is 19.7 Å². The SMILES string of the molecule is CN=C(NCc1cnc(N(C)C)n1C)N(C)Cc1cccc(Cl)c1.I. The van der Waals surface area contributed by atoms with Crippen LogP contribution < -0.4 is 10.2 Å². The molecule has 25 heavy (non-hydrogen) atoms. The van der Waals surface area contributed by atoms with E-state index in [2.05, 4.69) is 30.8 Å². The lowest BCUT2D eigenvalue weighted by molar-refractivity contribution is 0.475. The second-order valence-corrected chi connectivity index (χ2v) is 6.33. The van der Waals surface area contributed by atoms with Gasteiger partial charge in [0.05, 0.1) is 18.4 Å². The molecule has 0 bridgehead atoms. The second kappa shape index (κ2) is 9.86. The molecule has 1 N–H and O–H groups in total. The number of imidazole rings is 1. The van der Waals surface area contributed by atoms with Crippen molar-refractivity contribution in [1.82, 2.24) is 19.8 Å². The van der Waals surface area contributed by atoms with E-state index < -0.39 is 0 Å². The molecule has 0 radical (unpaired) electrons. The van der Waals surface area contributed by atoms with Gasteiger partial charge in [-0.1, -0.05) is 23.7 Å². The molecule has 0 aliphatic rings. The average Bonchev–Trinajstić information content (AvgIpc) is 2.89. The summed E-state index contributed by atoms with van der Waals surface area (Å²) in [6.45, 7) is 1.39. The predicted molar refractivity (Wildman–Crippen MR) is 116 cm³/mol. The Balaban J connectivity index is 0.00000312. The molecule has 1 aromatic carbocycles. The summed E-state index contributed by atoms with van der Waals surface area (Å²) in [7, 11) is 9.77.